The van der Waals surface area contributed by atoms with Gasteiger partial charge in [-0.05, 0) is 43.2 Å². The van der Waals surface area contributed by atoms with E-state index in [0.29, 0.717) is 52.6 Å². The number of anilines is 1. The first-order valence-electron chi connectivity index (χ1n) is 11.1. The van der Waals surface area contributed by atoms with Crippen molar-refractivity contribution in [3.05, 3.63) is 52.5 Å². The summed E-state index contributed by atoms with van der Waals surface area (Å²) in [4.78, 5) is 19.3. The number of carbonyl (C=O) groups is 1. The zero-order chi connectivity index (χ0) is 24.2. The molecule has 34 heavy (non-hydrogen) atoms. The molecule has 0 spiro atoms. The standard InChI is InChI=1S/C24H27ClFN3O5/c1-3-33-18-10-17(13-30)29(12-18)23(31)15-8-19-22(21(9-15)32-2)34-24(27-19)28-20(11-26)14-5-4-6-16(25)7-14/h4-9,17-18,20,30H,3,10-13H2,1-2H3,(H,27,28). The van der Waals surface area contributed by atoms with Crippen LogP contribution in [0.4, 0.5) is 10.4 Å². The van der Waals surface area contributed by atoms with Gasteiger partial charge in [0.15, 0.2) is 11.3 Å². The highest BCUT2D eigenvalue weighted by Crippen LogP contribution is 2.33. The number of hydrogen-bond donors (Lipinski definition) is 2. The Morgan fingerprint density at radius 3 is 2.91 bits per heavy atom. The van der Waals surface area contributed by atoms with Crippen molar-refractivity contribution in [2.24, 2.45) is 0 Å². The number of hydrogen-bond acceptors (Lipinski definition) is 7. The van der Waals surface area contributed by atoms with Crippen LogP contribution in [0.25, 0.3) is 11.1 Å². The first kappa shape index (κ1) is 24.3. The normalized spacial score (nSPS) is 18.9. The molecule has 2 heterocycles. The fourth-order valence-corrected chi connectivity index (χ4v) is 4.44. The highest BCUT2D eigenvalue weighted by atomic mass is 35.5. The largest absolute Gasteiger partial charge is 0.493 e. The first-order chi connectivity index (χ1) is 16.5. The number of ether oxygens (including phenoxy) is 2. The number of nitrogens with one attached hydrogen (secondary N) is 1. The summed E-state index contributed by atoms with van der Waals surface area (Å²) in [7, 11) is 1.46. The van der Waals surface area contributed by atoms with Gasteiger partial charge in [-0.3, -0.25) is 4.79 Å². The van der Waals surface area contributed by atoms with Crippen molar-refractivity contribution in [2.45, 2.75) is 31.5 Å². The van der Waals surface area contributed by atoms with Crippen LogP contribution in [-0.4, -0.2) is 66.6 Å². The maximum atomic E-state index is 13.8. The second kappa shape index (κ2) is 10.6. The Bertz CT molecular complexity index is 1160. The number of aliphatic hydroxyl groups excluding tert-OH is 1. The first-order valence-corrected chi connectivity index (χ1v) is 11.4. The smallest absolute Gasteiger partial charge is 0.296 e. The van der Waals surface area contributed by atoms with Crippen molar-refractivity contribution >= 4 is 34.6 Å². The van der Waals surface area contributed by atoms with Gasteiger partial charge in [0.2, 0.25) is 0 Å². The molecule has 1 aromatic heterocycles. The van der Waals surface area contributed by atoms with E-state index >= 15 is 0 Å². The molecule has 3 atom stereocenters. The molecule has 1 aliphatic heterocycles. The Morgan fingerprint density at radius 2 is 2.24 bits per heavy atom. The minimum Gasteiger partial charge on any atom is -0.493 e. The Morgan fingerprint density at radius 1 is 1.41 bits per heavy atom. The highest BCUT2D eigenvalue weighted by molar-refractivity contribution is 6.30. The summed E-state index contributed by atoms with van der Waals surface area (Å²) in [5.74, 6) is 0.0570. The summed E-state index contributed by atoms with van der Waals surface area (Å²) in [6.07, 6.45) is 0.449. The van der Waals surface area contributed by atoms with Gasteiger partial charge in [0.25, 0.3) is 11.9 Å². The predicted octanol–water partition coefficient (Wildman–Crippen LogP) is 4.22. The Hall–Kier alpha value is -2.88. The van der Waals surface area contributed by atoms with Gasteiger partial charge in [0.1, 0.15) is 12.2 Å². The Kier molecular flexibility index (Phi) is 7.55. The number of nitrogens with zero attached hydrogens (tertiary/aromatic N) is 2. The molecule has 1 aliphatic rings. The van der Waals surface area contributed by atoms with Gasteiger partial charge in [0.05, 0.1) is 31.9 Å². The summed E-state index contributed by atoms with van der Waals surface area (Å²) in [5, 5.41) is 13.2. The minimum atomic E-state index is -0.718. The highest BCUT2D eigenvalue weighted by Gasteiger charge is 2.36. The van der Waals surface area contributed by atoms with E-state index in [1.54, 1.807) is 41.3 Å². The number of halogens is 2. The number of benzene rings is 2. The molecule has 0 saturated carbocycles. The van der Waals surface area contributed by atoms with Crippen molar-refractivity contribution in [1.29, 1.82) is 0 Å². The lowest BCUT2D eigenvalue weighted by Gasteiger charge is -2.23. The molecule has 1 amide bonds. The fourth-order valence-electron chi connectivity index (χ4n) is 4.24. The number of oxazole rings is 1. The molecule has 182 valence electrons. The van der Waals surface area contributed by atoms with Crippen LogP contribution in [0.5, 0.6) is 5.75 Å². The second-order valence-corrected chi connectivity index (χ2v) is 8.50. The van der Waals surface area contributed by atoms with Crippen LogP contribution >= 0.6 is 11.6 Å². The van der Waals surface area contributed by atoms with Gasteiger partial charge < -0.3 is 29.2 Å². The number of alkyl halides is 1. The van der Waals surface area contributed by atoms with Gasteiger partial charge in [-0.1, -0.05) is 23.7 Å². The molecule has 2 aromatic carbocycles. The maximum absolute atomic E-state index is 13.8. The van der Waals surface area contributed by atoms with Crippen LogP contribution < -0.4 is 10.1 Å². The number of aromatic nitrogens is 1. The molecule has 3 aromatic rings. The lowest BCUT2D eigenvalue weighted by molar-refractivity contribution is 0.0579. The third kappa shape index (κ3) is 4.96. The quantitative estimate of drug-likeness (QED) is 0.462. The molecule has 0 radical (unpaired) electrons. The maximum Gasteiger partial charge on any atom is 0.296 e. The predicted molar refractivity (Wildman–Crippen MR) is 126 cm³/mol. The van der Waals surface area contributed by atoms with Gasteiger partial charge in [0, 0.05) is 23.7 Å². The minimum absolute atomic E-state index is 0.0892. The molecule has 0 bridgehead atoms. The zero-order valence-electron chi connectivity index (χ0n) is 19.0. The SMILES string of the molecule is CCOC1CC(CO)N(C(=O)c2cc(OC)c3oc(NC(CF)c4cccc(Cl)c4)nc3c2)C1. The van der Waals surface area contributed by atoms with Crippen LogP contribution in [0.2, 0.25) is 5.02 Å². The lowest BCUT2D eigenvalue weighted by atomic mass is 10.1. The van der Waals surface area contributed by atoms with E-state index in [-0.39, 0.29) is 30.7 Å². The van der Waals surface area contributed by atoms with Crippen LogP contribution in [0.3, 0.4) is 0 Å². The van der Waals surface area contributed by atoms with Crippen LogP contribution in [-0.2, 0) is 4.74 Å². The molecular weight excluding hydrogens is 465 g/mol. The average Bonchev–Trinajstić information content (AvgIpc) is 3.45. The van der Waals surface area contributed by atoms with Crippen molar-refractivity contribution in [3.8, 4) is 5.75 Å². The zero-order valence-corrected chi connectivity index (χ0v) is 19.7. The van der Waals surface area contributed by atoms with E-state index in [2.05, 4.69) is 10.3 Å². The van der Waals surface area contributed by atoms with Gasteiger partial charge in [-0.15, -0.1) is 0 Å². The molecule has 1 saturated heterocycles. The number of fused-ring (bicyclic) bond motifs is 1. The molecule has 2 N–H and O–H groups in total. The Labute approximate surface area is 201 Å². The van der Waals surface area contributed by atoms with Crippen molar-refractivity contribution in [1.82, 2.24) is 9.88 Å². The number of aliphatic hydroxyl groups is 1. The molecule has 1 fully saturated rings. The molecule has 10 heteroatoms. The van der Waals surface area contributed by atoms with E-state index in [1.165, 1.54) is 7.11 Å². The van der Waals surface area contributed by atoms with Crippen molar-refractivity contribution in [2.75, 3.05) is 38.9 Å². The average molecular weight is 492 g/mol. The van der Waals surface area contributed by atoms with Crippen molar-refractivity contribution < 1.29 is 28.2 Å². The van der Waals surface area contributed by atoms with Crippen LogP contribution in [0.15, 0.2) is 40.8 Å². The van der Waals surface area contributed by atoms with Gasteiger partial charge in [-0.2, -0.15) is 4.98 Å². The number of likely N-dealkylation sites (tertiary alicyclic amines) is 1. The fraction of sp³-hybridized carbons (Fsp3) is 0.417. The van der Waals surface area contributed by atoms with Crippen molar-refractivity contribution in [3.63, 3.8) is 0 Å². The molecule has 3 unspecified atom stereocenters. The molecule has 0 aliphatic carbocycles. The summed E-state index contributed by atoms with van der Waals surface area (Å²) in [5.41, 5.74) is 1.71. The number of carbonyl (C=O) groups excluding carboxylic acids is 1. The summed E-state index contributed by atoms with van der Waals surface area (Å²) >= 11 is 6.04. The lowest BCUT2D eigenvalue weighted by Crippen LogP contribution is -2.38. The summed E-state index contributed by atoms with van der Waals surface area (Å²) in [6.45, 7) is 1.96. The van der Waals surface area contributed by atoms with Crippen LogP contribution in [0.1, 0.15) is 35.3 Å². The monoisotopic (exact) mass is 491 g/mol. The summed E-state index contributed by atoms with van der Waals surface area (Å²) < 4.78 is 30.7. The Balaban J connectivity index is 1.62. The van der Waals surface area contributed by atoms with Crippen LogP contribution in [0, 0.1) is 0 Å². The van der Waals surface area contributed by atoms with Gasteiger partial charge >= 0.3 is 0 Å². The van der Waals surface area contributed by atoms with E-state index < -0.39 is 12.7 Å². The molecule has 8 nitrogen and oxygen atoms in total. The van der Waals surface area contributed by atoms with E-state index in [9.17, 15) is 14.3 Å². The van der Waals surface area contributed by atoms with Gasteiger partial charge in [-0.25, -0.2) is 4.39 Å². The number of rotatable bonds is 9. The molecule has 4 rings (SSSR count). The third-order valence-corrected chi connectivity index (χ3v) is 6.11. The van der Waals surface area contributed by atoms with E-state index in [1.807, 2.05) is 6.92 Å². The molecular formula is C24H27ClFN3O5. The van der Waals surface area contributed by atoms with E-state index in [0.717, 1.165) is 0 Å². The summed E-state index contributed by atoms with van der Waals surface area (Å²) in [6, 6.07) is 9.09. The van der Waals surface area contributed by atoms with E-state index in [4.69, 9.17) is 25.5 Å². The number of methoxy groups -OCH3 is 1. The topological polar surface area (TPSA) is 97.1 Å². The second-order valence-electron chi connectivity index (χ2n) is 8.06. The third-order valence-electron chi connectivity index (χ3n) is 5.88. The number of amides is 1.